The van der Waals surface area contributed by atoms with Gasteiger partial charge in [0.15, 0.2) is 0 Å². The van der Waals surface area contributed by atoms with Gasteiger partial charge < -0.3 is 4.90 Å². The summed E-state index contributed by atoms with van der Waals surface area (Å²) in [5.74, 6) is -3.88. The Labute approximate surface area is 116 Å². The highest BCUT2D eigenvalue weighted by molar-refractivity contribution is 5.77. The lowest BCUT2D eigenvalue weighted by molar-refractivity contribution is -0.141. The van der Waals surface area contributed by atoms with Gasteiger partial charge in [0.25, 0.3) is 5.92 Å². The zero-order valence-corrected chi connectivity index (χ0v) is 11.4. The van der Waals surface area contributed by atoms with Crippen molar-refractivity contribution in [2.45, 2.75) is 44.6 Å². The Morgan fingerprint density at radius 2 is 1.95 bits per heavy atom. The summed E-state index contributed by atoms with van der Waals surface area (Å²) in [5, 5.41) is 0. The fraction of sp³-hybridized carbons (Fsp3) is 0.533. The summed E-state index contributed by atoms with van der Waals surface area (Å²) in [6.45, 7) is 1.23. The lowest BCUT2D eigenvalue weighted by Crippen LogP contribution is -2.40. The Hall–Kier alpha value is -1.52. The van der Waals surface area contributed by atoms with Crippen LogP contribution < -0.4 is 0 Å². The molecule has 0 aliphatic carbocycles. The largest absolute Gasteiger partial charge is 0.335 e. The van der Waals surface area contributed by atoms with Gasteiger partial charge in [-0.25, -0.2) is 13.2 Å². The van der Waals surface area contributed by atoms with Gasteiger partial charge in [-0.1, -0.05) is 12.1 Å². The van der Waals surface area contributed by atoms with Crippen LogP contribution in [-0.2, 0) is 4.79 Å². The monoisotopic (exact) mass is 285 g/mol. The lowest BCUT2D eigenvalue weighted by Gasteiger charge is -2.36. The minimum atomic E-state index is -3.00. The predicted octanol–water partition coefficient (Wildman–Crippen LogP) is 3.92. The number of hydrogen-bond donors (Lipinski definition) is 0. The van der Waals surface area contributed by atoms with Crippen LogP contribution in [0.1, 0.15) is 44.2 Å². The number of piperidine rings is 1. The molecule has 1 aliphatic heterocycles. The average molecular weight is 285 g/mol. The molecule has 0 aromatic heterocycles. The number of carbonyl (C=O) groups is 1. The number of halogens is 3. The van der Waals surface area contributed by atoms with Gasteiger partial charge >= 0.3 is 0 Å². The van der Waals surface area contributed by atoms with Crippen molar-refractivity contribution < 1.29 is 18.0 Å². The molecule has 1 aliphatic rings. The van der Waals surface area contributed by atoms with Crippen LogP contribution in [0.2, 0.25) is 0 Å². The summed E-state index contributed by atoms with van der Waals surface area (Å²) < 4.78 is 39.0. The predicted molar refractivity (Wildman–Crippen MR) is 69.9 cm³/mol. The minimum absolute atomic E-state index is 0.223. The second-order valence-electron chi connectivity index (χ2n) is 5.40. The van der Waals surface area contributed by atoms with E-state index in [1.54, 1.807) is 12.1 Å². The molecule has 0 N–H and O–H groups in total. The van der Waals surface area contributed by atoms with Crippen molar-refractivity contribution in [3.63, 3.8) is 0 Å². The molecule has 2 rings (SSSR count). The highest BCUT2D eigenvalue weighted by atomic mass is 19.3. The molecule has 0 radical (unpaired) electrons. The van der Waals surface area contributed by atoms with E-state index in [0.717, 1.165) is 31.7 Å². The van der Waals surface area contributed by atoms with Crippen molar-refractivity contribution in [3.05, 3.63) is 35.6 Å². The molecule has 0 bridgehead atoms. The molecular formula is C15H18F3NO. The SMILES string of the molecule is CC(F)(F)CC(=O)N1CCCCC1c1ccc(F)cc1. The summed E-state index contributed by atoms with van der Waals surface area (Å²) in [6, 6.07) is 5.69. The third kappa shape index (κ3) is 3.74. The number of carbonyl (C=O) groups excluding carboxylic acids is 1. The molecule has 5 heteroatoms. The summed E-state index contributed by atoms with van der Waals surface area (Å²) in [7, 11) is 0. The fourth-order valence-electron chi connectivity index (χ4n) is 2.63. The van der Waals surface area contributed by atoms with Gasteiger partial charge in [0.05, 0.1) is 12.5 Å². The van der Waals surface area contributed by atoms with E-state index in [4.69, 9.17) is 0 Å². The second-order valence-corrected chi connectivity index (χ2v) is 5.40. The molecule has 1 amide bonds. The van der Waals surface area contributed by atoms with Crippen LogP contribution in [-0.4, -0.2) is 23.3 Å². The van der Waals surface area contributed by atoms with Gasteiger partial charge in [-0.3, -0.25) is 4.79 Å². The smallest absolute Gasteiger partial charge is 0.254 e. The first-order valence-corrected chi connectivity index (χ1v) is 6.79. The van der Waals surface area contributed by atoms with Gasteiger partial charge in [0.2, 0.25) is 5.91 Å². The quantitative estimate of drug-likeness (QED) is 0.824. The first-order valence-electron chi connectivity index (χ1n) is 6.79. The molecule has 1 unspecified atom stereocenters. The van der Waals surface area contributed by atoms with Gasteiger partial charge in [-0.15, -0.1) is 0 Å². The average Bonchev–Trinajstić information content (AvgIpc) is 2.38. The first kappa shape index (κ1) is 14.9. The van der Waals surface area contributed by atoms with Crippen LogP contribution in [0.3, 0.4) is 0 Å². The normalized spacial score (nSPS) is 20.0. The van der Waals surface area contributed by atoms with Gasteiger partial charge in [-0.05, 0) is 43.9 Å². The lowest BCUT2D eigenvalue weighted by atomic mass is 9.94. The zero-order valence-electron chi connectivity index (χ0n) is 11.4. The van der Waals surface area contributed by atoms with E-state index >= 15 is 0 Å². The molecule has 1 atom stereocenters. The molecule has 0 spiro atoms. The molecule has 1 heterocycles. The van der Waals surface area contributed by atoms with E-state index in [1.807, 2.05) is 0 Å². The molecular weight excluding hydrogens is 267 g/mol. The number of amides is 1. The van der Waals surface area contributed by atoms with Crippen molar-refractivity contribution >= 4 is 5.91 Å². The number of nitrogens with zero attached hydrogens (tertiary/aromatic N) is 1. The van der Waals surface area contributed by atoms with Crippen molar-refractivity contribution in [2.75, 3.05) is 6.54 Å². The van der Waals surface area contributed by atoms with Crippen LogP contribution in [0, 0.1) is 5.82 Å². The van der Waals surface area contributed by atoms with Gasteiger partial charge in [-0.2, -0.15) is 0 Å². The van der Waals surface area contributed by atoms with Crippen LogP contribution in [0.25, 0.3) is 0 Å². The molecule has 2 nitrogen and oxygen atoms in total. The molecule has 0 saturated carbocycles. The Morgan fingerprint density at radius 1 is 1.30 bits per heavy atom. The Kier molecular flexibility index (Phi) is 4.35. The van der Waals surface area contributed by atoms with E-state index in [9.17, 15) is 18.0 Å². The number of alkyl halides is 2. The van der Waals surface area contributed by atoms with Gasteiger partial charge in [0, 0.05) is 6.54 Å². The third-order valence-electron chi connectivity index (χ3n) is 3.54. The van der Waals surface area contributed by atoms with Crippen molar-refractivity contribution in [3.8, 4) is 0 Å². The zero-order chi connectivity index (χ0) is 14.8. The van der Waals surface area contributed by atoms with E-state index < -0.39 is 18.3 Å². The number of hydrogen-bond acceptors (Lipinski definition) is 1. The van der Waals surface area contributed by atoms with Crippen molar-refractivity contribution in [1.82, 2.24) is 4.90 Å². The minimum Gasteiger partial charge on any atom is -0.335 e. The number of rotatable bonds is 3. The maximum absolute atomic E-state index is 13.0. The third-order valence-corrected chi connectivity index (χ3v) is 3.54. The highest BCUT2D eigenvalue weighted by Gasteiger charge is 2.33. The molecule has 1 aromatic rings. The standard InChI is InChI=1S/C15H18F3NO/c1-15(17,18)10-14(20)19-9-3-2-4-13(19)11-5-7-12(16)8-6-11/h5-8,13H,2-4,9-10H2,1H3. The van der Waals surface area contributed by atoms with Gasteiger partial charge in [0.1, 0.15) is 5.82 Å². The number of likely N-dealkylation sites (tertiary alicyclic amines) is 1. The summed E-state index contributed by atoms with van der Waals surface area (Å²) in [4.78, 5) is 13.5. The number of benzene rings is 1. The molecule has 20 heavy (non-hydrogen) atoms. The maximum Gasteiger partial charge on any atom is 0.254 e. The van der Waals surface area contributed by atoms with Crippen LogP contribution in [0.15, 0.2) is 24.3 Å². The topological polar surface area (TPSA) is 20.3 Å². The Balaban J connectivity index is 2.16. The van der Waals surface area contributed by atoms with Crippen LogP contribution >= 0.6 is 0 Å². The van der Waals surface area contributed by atoms with E-state index in [-0.39, 0.29) is 11.9 Å². The van der Waals surface area contributed by atoms with E-state index in [2.05, 4.69) is 0 Å². The second kappa shape index (κ2) is 5.85. The summed E-state index contributed by atoms with van der Waals surface area (Å²) >= 11 is 0. The van der Waals surface area contributed by atoms with Crippen molar-refractivity contribution in [1.29, 1.82) is 0 Å². The summed E-state index contributed by atoms with van der Waals surface area (Å²) in [6.07, 6.45) is 1.71. The molecule has 1 aromatic carbocycles. The molecule has 1 fully saturated rings. The summed E-state index contributed by atoms with van der Waals surface area (Å²) in [5.41, 5.74) is 0.805. The molecule has 1 saturated heterocycles. The highest BCUT2D eigenvalue weighted by Crippen LogP contribution is 2.32. The van der Waals surface area contributed by atoms with E-state index in [0.29, 0.717) is 6.54 Å². The Bertz CT molecular complexity index is 467. The van der Waals surface area contributed by atoms with E-state index in [1.165, 1.54) is 17.0 Å². The maximum atomic E-state index is 13.0. The van der Waals surface area contributed by atoms with Crippen LogP contribution in [0.4, 0.5) is 13.2 Å². The fourth-order valence-corrected chi connectivity index (χ4v) is 2.63. The van der Waals surface area contributed by atoms with Crippen LogP contribution in [0.5, 0.6) is 0 Å². The van der Waals surface area contributed by atoms with Crippen molar-refractivity contribution in [2.24, 2.45) is 0 Å². The molecule has 110 valence electrons. The Morgan fingerprint density at radius 3 is 2.55 bits per heavy atom. The first-order chi connectivity index (χ1) is 9.37.